The zero-order valence-corrected chi connectivity index (χ0v) is 15.6. The maximum atomic E-state index is 5.14. The van der Waals surface area contributed by atoms with Gasteiger partial charge in [-0.05, 0) is 24.1 Å². The highest BCUT2D eigenvalue weighted by Crippen LogP contribution is 2.26. The molecule has 124 valence electrons. The highest BCUT2D eigenvalue weighted by atomic mass is 79.9. The lowest BCUT2D eigenvalue weighted by Gasteiger charge is -2.15. The largest absolute Gasteiger partial charge is 0.276 e. The summed E-state index contributed by atoms with van der Waals surface area (Å²) in [7, 11) is 0. The first-order valence-electron chi connectivity index (χ1n) is 8.33. The summed E-state index contributed by atoms with van der Waals surface area (Å²) in [4.78, 5) is 5.14. The Balaban J connectivity index is 2.09. The third kappa shape index (κ3) is 4.55. The van der Waals surface area contributed by atoms with Crippen molar-refractivity contribution in [3.63, 3.8) is 0 Å². The minimum absolute atomic E-state index is 0.0426. The molecule has 0 spiro atoms. The molecule has 0 heterocycles. The molecule has 3 aromatic rings. The zero-order valence-electron chi connectivity index (χ0n) is 14.0. The summed E-state index contributed by atoms with van der Waals surface area (Å²) in [5.41, 5.74) is 4.45. The summed E-state index contributed by atoms with van der Waals surface area (Å²) in [5.74, 6) is 0. The Labute approximate surface area is 157 Å². The van der Waals surface area contributed by atoms with Gasteiger partial charge >= 0.3 is 0 Å². The summed E-state index contributed by atoms with van der Waals surface area (Å²) in [6, 6.07) is 29.1. The molecule has 0 unspecified atom stereocenters. The second-order valence-corrected chi connectivity index (χ2v) is 6.72. The van der Waals surface area contributed by atoms with Crippen LogP contribution in [0.1, 0.15) is 29.2 Å². The van der Waals surface area contributed by atoms with Crippen molar-refractivity contribution in [2.75, 3.05) is 0 Å². The van der Waals surface area contributed by atoms with Gasteiger partial charge < -0.3 is 0 Å². The van der Waals surface area contributed by atoms with Gasteiger partial charge in [0.15, 0.2) is 0 Å². The van der Waals surface area contributed by atoms with Crippen molar-refractivity contribution in [3.8, 4) is 0 Å². The Bertz CT molecular complexity index is 795. The lowest BCUT2D eigenvalue weighted by molar-refractivity contribution is 0.745. The Morgan fingerprint density at radius 3 is 1.84 bits per heavy atom. The maximum absolute atomic E-state index is 5.14. The van der Waals surface area contributed by atoms with Crippen LogP contribution in [-0.4, -0.2) is 5.71 Å². The van der Waals surface area contributed by atoms with E-state index in [-0.39, 0.29) is 6.04 Å². The van der Waals surface area contributed by atoms with Gasteiger partial charge in [-0.1, -0.05) is 94.8 Å². The molecule has 2 heteroatoms. The molecule has 0 aliphatic rings. The Kier molecular flexibility index (Phi) is 5.97. The molecular weight excluding hydrogens is 370 g/mol. The molecule has 1 nitrogen and oxygen atoms in total. The Morgan fingerprint density at radius 2 is 1.36 bits per heavy atom. The highest BCUT2D eigenvalue weighted by molar-refractivity contribution is 9.10. The van der Waals surface area contributed by atoms with Gasteiger partial charge in [-0.2, -0.15) is 0 Å². The predicted octanol–water partition coefficient (Wildman–Crippen LogP) is 6.60. The fourth-order valence-electron chi connectivity index (χ4n) is 2.77. The summed E-state index contributed by atoms with van der Waals surface area (Å²) in [6.45, 7) is 3.92. The first-order valence-corrected chi connectivity index (χ1v) is 9.12. The third-order valence-corrected chi connectivity index (χ3v) is 4.55. The lowest BCUT2D eigenvalue weighted by atomic mass is 9.99. The molecule has 0 amide bonds. The standard InChI is InChI=1S/C23H20BrN/c1-2-9-22(18-14-16-21(24)17-15-18)25-23(19-10-5-3-6-11-19)20-12-7-4-8-13-20/h2-8,10-17,22H,1,9H2/t22-/m0/s1. The Hall–Kier alpha value is -2.45. The van der Waals surface area contributed by atoms with Crippen LogP contribution in [0.4, 0.5) is 0 Å². The van der Waals surface area contributed by atoms with E-state index in [1.807, 2.05) is 18.2 Å². The van der Waals surface area contributed by atoms with Crippen molar-refractivity contribution in [3.05, 3.63) is 119 Å². The van der Waals surface area contributed by atoms with Crippen molar-refractivity contribution in [1.82, 2.24) is 0 Å². The number of aliphatic imine (C=N–C) groups is 1. The average molecular weight is 390 g/mol. The summed E-state index contributed by atoms with van der Waals surface area (Å²) >= 11 is 3.50. The van der Waals surface area contributed by atoms with Crippen LogP contribution in [-0.2, 0) is 0 Å². The number of hydrogen-bond donors (Lipinski definition) is 0. The van der Waals surface area contributed by atoms with E-state index in [4.69, 9.17) is 4.99 Å². The van der Waals surface area contributed by atoms with E-state index in [1.165, 1.54) is 5.56 Å². The topological polar surface area (TPSA) is 12.4 Å². The van der Waals surface area contributed by atoms with Gasteiger partial charge in [0.1, 0.15) is 0 Å². The van der Waals surface area contributed by atoms with Crippen LogP contribution in [0.5, 0.6) is 0 Å². The Morgan fingerprint density at radius 1 is 0.840 bits per heavy atom. The first kappa shape index (κ1) is 17.4. The molecule has 1 atom stereocenters. The van der Waals surface area contributed by atoms with Crippen molar-refractivity contribution >= 4 is 21.6 Å². The highest BCUT2D eigenvalue weighted by Gasteiger charge is 2.13. The number of rotatable bonds is 6. The van der Waals surface area contributed by atoms with Crippen LogP contribution < -0.4 is 0 Å². The van der Waals surface area contributed by atoms with Crippen LogP contribution in [0.15, 0.2) is 107 Å². The van der Waals surface area contributed by atoms with Crippen molar-refractivity contribution < 1.29 is 0 Å². The quantitative estimate of drug-likeness (QED) is 0.332. The lowest BCUT2D eigenvalue weighted by Crippen LogP contribution is -2.07. The SMILES string of the molecule is C=CC[C@H](N=C(c1ccccc1)c1ccccc1)c1ccc(Br)cc1. The number of nitrogens with zero attached hydrogens (tertiary/aromatic N) is 1. The second kappa shape index (κ2) is 8.59. The van der Waals surface area contributed by atoms with E-state index in [0.717, 1.165) is 27.7 Å². The number of halogens is 1. The van der Waals surface area contributed by atoms with Crippen molar-refractivity contribution in [1.29, 1.82) is 0 Å². The molecule has 0 N–H and O–H groups in total. The second-order valence-electron chi connectivity index (χ2n) is 5.80. The molecule has 0 aromatic heterocycles. The van der Waals surface area contributed by atoms with Crippen LogP contribution in [0.3, 0.4) is 0 Å². The van der Waals surface area contributed by atoms with Gasteiger partial charge in [0, 0.05) is 15.6 Å². The molecule has 0 saturated heterocycles. The monoisotopic (exact) mass is 389 g/mol. The van der Waals surface area contributed by atoms with E-state index in [0.29, 0.717) is 0 Å². The number of hydrogen-bond acceptors (Lipinski definition) is 1. The molecule has 25 heavy (non-hydrogen) atoms. The van der Waals surface area contributed by atoms with Gasteiger partial charge in [0.25, 0.3) is 0 Å². The van der Waals surface area contributed by atoms with E-state index in [2.05, 4.69) is 95.3 Å². The van der Waals surface area contributed by atoms with Gasteiger partial charge in [-0.25, -0.2) is 0 Å². The zero-order chi connectivity index (χ0) is 17.5. The molecule has 0 radical (unpaired) electrons. The van der Waals surface area contributed by atoms with Crippen LogP contribution in [0.2, 0.25) is 0 Å². The number of benzene rings is 3. The van der Waals surface area contributed by atoms with Gasteiger partial charge in [0.05, 0.1) is 11.8 Å². The minimum atomic E-state index is 0.0426. The smallest absolute Gasteiger partial charge is 0.0791 e. The summed E-state index contributed by atoms with van der Waals surface area (Å²) < 4.78 is 1.07. The van der Waals surface area contributed by atoms with Gasteiger partial charge in [-0.15, -0.1) is 6.58 Å². The molecule has 0 fully saturated rings. The van der Waals surface area contributed by atoms with E-state index < -0.39 is 0 Å². The van der Waals surface area contributed by atoms with Gasteiger partial charge in [-0.3, -0.25) is 4.99 Å². The molecule has 3 aromatic carbocycles. The average Bonchev–Trinajstić information content (AvgIpc) is 2.67. The van der Waals surface area contributed by atoms with Gasteiger partial charge in [0.2, 0.25) is 0 Å². The molecule has 0 aliphatic carbocycles. The van der Waals surface area contributed by atoms with E-state index >= 15 is 0 Å². The molecule has 0 aliphatic heterocycles. The fourth-order valence-corrected chi connectivity index (χ4v) is 3.03. The van der Waals surface area contributed by atoms with Crippen LogP contribution >= 0.6 is 15.9 Å². The minimum Gasteiger partial charge on any atom is -0.276 e. The first-order chi connectivity index (χ1) is 12.3. The van der Waals surface area contributed by atoms with Crippen molar-refractivity contribution in [2.24, 2.45) is 4.99 Å². The fraction of sp³-hybridized carbons (Fsp3) is 0.0870. The third-order valence-electron chi connectivity index (χ3n) is 4.02. The van der Waals surface area contributed by atoms with Crippen molar-refractivity contribution in [2.45, 2.75) is 12.5 Å². The van der Waals surface area contributed by atoms with E-state index in [9.17, 15) is 0 Å². The van der Waals surface area contributed by atoms with Crippen LogP contribution in [0, 0.1) is 0 Å². The molecular formula is C23H20BrN. The molecule has 3 rings (SSSR count). The summed E-state index contributed by atoms with van der Waals surface area (Å²) in [5, 5.41) is 0. The predicted molar refractivity (Wildman–Crippen MR) is 110 cm³/mol. The summed E-state index contributed by atoms with van der Waals surface area (Å²) in [6.07, 6.45) is 2.73. The maximum Gasteiger partial charge on any atom is 0.0791 e. The van der Waals surface area contributed by atoms with Crippen LogP contribution in [0.25, 0.3) is 0 Å². The normalized spacial score (nSPS) is 11.6. The molecule has 0 saturated carbocycles. The van der Waals surface area contributed by atoms with E-state index in [1.54, 1.807) is 0 Å². The molecule has 0 bridgehead atoms.